The van der Waals surface area contributed by atoms with Crippen molar-refractivity contribution in [1.29, 1.82) is 0 Å². The fraction of sp³-hybridized carbons (Fsp3) is 0.680. The number of aliphatic hydroxyl groups excluding tert-OH is 1. The van der Waals surface area contributed by atoms with Crippen molar-refractivity contribution in [2.24, 2.45) is 17.3 Å². The smallest absolute Gasteiger partial charge is 0.348 e. The molecule has 0 bridgehead atoms. The van der Waals surface area contributed by atoms with Crippen LogP contribution in [0.5, 0.6) is 0 Å². The Morgan fingerprint density at radius 2 is 2.23 bits per heavy atom. The van der Waals surface area contributed by atoms with Gasteiger partial charge in [-0.15, -0.1) is 11.3 Å². The van der Waals surface area contributed by atoms with Crippen molar-refractivity contribution < 1.29 is 14.6 Å². The van der Waals surface area contributed by atoms with Gasteiger partial charge in [-0.1, -0.05) is 25.5 Å². The molecule has 1 unspecified atom stereocenters. The van der Waals surface area contributed by atoms with Crippen molar-refractivity contribution >= 4 is 17.3 Å². The van der Waals surface area contributed by atoms with E-state index in [0.29, 0.717) is 23.1 Å². The minimum absolute atomic E-state index is 0.0832. The standard InChI is InChI=1S/C25H35NO3S/c1-4-25(16-7-17-25)23(27)11-6-10-20-18(12-14-21(20)26-2)8-5-9-19-13-15-22(30-19)24(28)29-3/h6,10,13,15,18,20-21,23,27H,4-5,7-9,11-12,14,16-17H2,1,3H3/b10-6+/t18-,20+,21-,23?/m0/s1. The Morgan fingerprint density at radius 1 is 1.43 bits per heavy atom. The van der Waals surface area contributed by atoms with Gasteiger partial charge in [0, 0.05) is 11.3 Å². The lowest BCUT2D eigenvalue weighted by Crippen LogP contribution is -2.40. The summed E-state index contributed by atoms with van der Waals surface area (Å²) in [5, 5.41) is 10.7. The molecule has 3 rings (SSSR count). The van der Waals surface area contributed by atoms with Gasteiger partial charge < -0.3 is 14.7 Å². The summed E-state index contributed by atoms with van der Waals surface area (Å²) in [4.78, 5) is 17.4. The molecule has 2 saturated carbocycles. The molecule has 1 N–H and O–H groups in total. The van der Waals surface area contributed by atoms with E-state index in [1.807, 2.05) is 12.1 Å². The van der Waals surface area contributed by atoms with E-state index in [4.69, 9.17) is 11.3 Å². The summed E-state index contributed by atoms with van der Waals surface area (Å²) >= 11 is 1.52. The van der Waals surface area contributed by atoms with Gasteiger partial charge in [-0.3, -0.25) is 0 Å². The molecule has 1 aromatic rings. The van der Waals surface area contributed by atoms with Crippen molar-refractivity contribution in [1.82, 2.24) is 0 Å². The van der Waals surface area contributed by atoms with Crippen LogP contribution >= 0.6 is 11.3 Å². The number of ether oxygens (including phenoxy) is 1. The lowest BCUT2D eigenvalue weighted by Gasteiger charge is -2.45. The van der Waals surface area contributed by atoms with Crippen molar-refractivity contribution in [3.8, 4) is 0 Å². The van der Waals surface area contributed by atoms with Gasteiger partial charge in [0.15, 0.2) is 0 Å². The fourth-order valence-corrected chi connectivity index (χ4v) is 6.25. The molecule has 0 aromatic carbocycles. The number of thiophene rings is 1. The number of carbonyl (C=O) groups excluding carboxylic acids is 1. The van der Waals surface area contributed by atoms with Crippen LogP contribution in [0.25, 0.3) is 4.85 Å². The van der Waals surface area contributed by atoms with Crippen molar-refractivity contribution in [2.75, 3.05) is 7.11 Å². The van der Waals surface area contributed by atoms with Crippen molar-refractivity contribution in [3.63, 3.8) is 0 Å². The van der Waals surface area contributed by atoms with E-state index in [1.165, 1.54) is 29.7 Å². The van der Waals surface area contributed by atoms with Crippen LogP contribution in [0.2, 0.25) is 0 Å². The van der Waals surface area contributed by atoms with E-state index in [9.17, 15) is 9.90 Å². The SMILES string of the molecule is [C-]#[N+][C@H]1CC[C@H](CCCc2ccc(C(=O)OC)s2)[C@H]1/C=C/CC(O)C1(CC)CCC1. The lowest BCUT2D eigenvalue weighted by molar-refractivity contribution is -0.0355. The molecule has 4 atom stereocenters. The molecule has 4 nitrogen and oxygen atoms in total. The van der Waals surface area contributed by atoms with Gasteiger partial charge in [0.05, 0.1) is 19.1 Å². The van der Waals surface area contributed by atoms with Crippen LogP contribution in [0.15, 0.2) is 24.3 Å². The largest absolute Gasteiger partial charge is 0.465 e. The third kappa shape index (κ3) is 5.15. The highest BCUT2D eigenvalue weighted by Gasteiger charge is 2.41. The molecule has 0 amide bonds. The lowest BCUT2D eigenvalue weighted by atomic mass is 9.63. The number of rotatable bonds is 10. The number of esters is 1. The third-order valence-electron chi connectivity index (χ3n) is 7.51. The quantitative estimate of drug-likeness (QED) is 0.279. The first-order valence-corrected chi connectivity index (χ1v) is 12.2. The Labute approximate surface area is 185 Å². The maximum atomic E-state index is 11.6. The van der Waals surface area contributed by atoms with Gasteiger partial charge in [-0.2, -0.15) is 0 Å². The van der Waals surface area contributed by atoms with E-state index >= 15 is 0 Å². The molecule has 2 aliphatic rings. The highest BCUT2D eigenvalue weighted by molar-refractivity contribution is 7.13. The van der Waals surface area contributed by atoms with E-state index in [1.54, 1.807) is 0 Å². The van der Waals surface area contributed by atoms with Gasteiger partial charge in [0.1, 0.15) is 4.88 Å². The Morgan fingerprint density at radius 3 is 2.87 bits per heavy atom. The summed E-state index contributed by atoms with van der Waals surface area (Å²) in [6.07, 6.45) is 14.7. The molecule has 164 valence electrons. The number of hydrogen-bond acceptors (Lipinski definition) is 4. The van der Waals surface area contributed by atoms with Crippen molar-refractivity contribution in [2.45, 2.75) is 83.3 Å². The maximum absolute atomic E-state index is 11.6. The average molecular weight is 430 g/mol. The predicted octanol–water partition coefficient (Wildman–Crippen LogP) is 6.06. The van der Waals surface area contributed by atoms with Gasteiger partial charge in [0.25, 0.3) is 0 Å². The number of carbonyl (C=O) groups is 1. The third-order valence-corrected chi connectivity index (χ3v) is 8.64. The minimum Gasteiger partial charge on any atom is -0.465 e. The molecule has 1 heterocycles. The molecular weight excluding hydrogens is 394 g/mol. The Bertz CT molecular complexity index is 768. The van der Waals surface area contributed by atoms with Gasteiger partial charge in [-0.05, 0) is 74.8 Å². The summed E-state index contributed by atoms with van der Waals surface area (Å²) in [6.45, 7) is 9.77. The Hall–Kier alpha value is -1.64. The first-order chi connectivity index (χ1) is 14.5. The summed E-state index contributed by atoms with van der Waals surface area (Å²) in [6, 6.07) is 3.95. The number of nitrogens with zero attached hydrogens (tertiary/aromatic N) is 1. The van der Waals surface area contributed by atoms with Crippen LogP contribution in [0.1, 0.15) is 79.3 Å². The summed E-state index contributed by atoms with van der Waals surface area (Å²) in [7, 11) is 1.41. The molecule has 1 aromatic heterocycles. The van der Waals surface area contributed by atoms with Gasteiger partial charge in [-0.25, -0.2) is 11.4 Å². The summed E-state index contributed by atoms with van der Waals surface area (Å²) in [5.41, 5.74) is 0.141. The number of methoxy groups -OCH3 is 1. The Balaban J connectivity index is 1.50. The minimum atomic E-state index is -0.263. The van der Waals surface area contributed by atoms with E-state index in [-0.39, 0.29) is 23.5 Å². The van der Waals surface area contributed by atoms with Crippen LogP contribution in [0.3, 0.4) is 0 Å². The molecule has 2 aliphatic carbocycles. The topological polar surface area (TPSA) is 50.9 Å². The summed E-state index contributed by atoms with van der Waals surface area (Å²) < 4.78 is 4.78. The molecule has 0 radical (unpaired) electrons. The van der Waals surface area contributed by atoms with Crippen LogP contribution in [-0.4, -0.2) is 30.3 Å². The monoisotopic (exact) mass is 429 g/mol. The zero-order valence-corrected chi connectivity index (χ0v) is 19.1. The van der Waals surface area contributed by atoms with Crippen LogP contribution in [0, 0.1) is 23.8 Å². The summed E-state index contributed by atoms with van der Waals surface area (Å²) in [5.74, 6) is 0.588. The molecule has 30 heavy (non-hydrogen) atoms. The van der Waals surface area contributed by atoms with E-state index in [0.717, 1.165) is 51.4 Å². The normalized spacial score (nSPS) is 26.3. The van der Waals surface area contributed by atoms with E-state index in [2.05, 4.69) is 23.9 Å². The van der Waals surface area contributed by atoms with Crippen LogP contribution in [-0.2, 0) is 11.2 Å². The van der Waals surface area contributed by atoms with Crippen LogP contribution < -0.4 is 0 Å². The second-order valence-electron chi connectivity index (χ2n) is 9.01. The van der Waals surface area contributed by atoms with Gasteiger partial charge in [0.2, 0.25) is 6.04 Å². The highest BCUT2D eigenvalue weighted by atomic mass is 32.1. The fourth-order valence-electron chi connectivity index (χ4n) is 5.29. The maximum Gasteiger partial charge on any atom is 0.348 e. The highest BCUT2D eigenvalue weighted by Crippen LogP contribution is 2.48. The number of aryl methyl sites for hydroxylation is 1. The molecule has 0 saturated heterocycles. The number of aliphatic hydroxyl groups is 1. The zero-order valence-electron chi connectivity index (χ0n) is 18.3. The molecule has 0 aliphatic heterocycles. The second-order valence-corrected chi connectivity index (χ2v) is 10.2. The molecular formula is C25H35NO3S. The molecule has 5 heteroatoms. The Kier molecular flexibility index (Phi) is 8.13. The predicted molar refractivity (Wildman–Crippen MR) is 122 cm³/mol. The first kappa shape index (κ1) is 23.0. The van der Waals surface area contributed by atoms with Crippen molar-refractivity contribution in [3.05, 3.63) is 45.5 Å². The molecule has 2 fully saturated rings. The van der Waals surface area contributed by atoms with Gasteiger partial charge >= 0.3 is 5.97 Å². The average Bonchev–Trinajstić information content (AvgIpc) is 3.34. The number of hydrogen-bond donors (Lipinski definition) is 1. The molecule has 0 spiro atoms. The van der Waals surface area contributed by atoms with E-state index < -0.39 is 0 Å². The second kappa shape index (κ2) is 10.6. The first-order valence-electron chi connectivity index (χ1n) is 11.4. The zero-order chi connectivity index (χ0) is 21.6. The van der Waals surface area contributed by atoms with Crippen LogP contribution in [0.4, 0.5) is 0 Å².